The fraction of sp³-hybridized carbons (Fsp3) is 0.929. The van der Waals surface area contributed by atoms with Crippen molar-refractivity contribution in [1.82, 2.24) is 4.90 Å². The Morgan fingerprint density at radius 1 is 1.24 bits per heavy atom. The van der Waals surface area contributed by atoms with Crippen LogP contribution in [0.25, 0.3) is 0 Å². The van der Waals surface area contributed by atoms with Crippen molar-refractivity contribution in [3.63, 3.8) is 0 Å². The first-order valence-corrected chi connectivity index (χ1v) is 7.94. The minimum absolute atomic E-state index is 0.374. The smallest absolute Gasteiger partial charge is 0.225 e. The fourth-order valence-corrected chi connectivity index (χ4v) is 5.17. The highest BCUT2D eigenvalue weighted by Crippen LogP contribution is 2.49. The fourth-order valence-electron chi connectivity index (χ4n) is 4.11. The Balaban J connectivity index is 1.51. The van der Waals surface area contributed by atoms with Crippen molar-refractivity contribution in [3.05, 3.63) is 0 Å². The molecule has 0 aromatic heterocycles. The number of amides is 1. The molecule has 0 aliphatic heterocycles. The summed E-state index contributed by atoms with van der Waals surface area (Å²) in [5.74, 6) is 3.15. The lowest BCUT2D eigenvalue weighted by Crippen LogP contribution is -2.41. The van der Waals surface area contributed by atoms with Crippen molar-refractivity contribution in [2.75, 3.05) is 13.6 Å². The predicted molar refractivity (Wildman–Crippen MR) is 72.0 cm³/mol. The van der Waals surface area contributed by atoms with Crippen molar-refractivity contribution in [3.8, 4) is 0 Å². The molecule has 3 rings (SSSR count). The summed E-state index contributed by atoms with van der Waals surface area (Å²) in [6, 6.07) is 0. The molecule has 0 aromatic rings. The van der Waals surface area contributed by atoms with E-state index in [1.54, 1.807) is 0 Å². The topological polar surface area (TPSA) is 20.3 Å². The first-order valence-electron chi connectivity index (χ1n) is 7.02. The van der Waals surface area contributed by atoms with Gasteiger partial charge in [-0.1, -0.05) is 22.4 Å². The van der Waals surface area contributed by atoms with E-state index in [4.69, 9.17) is 0 Å². The van der Waals surface area contributed by atoms with Crippen LogP contribution in [0.1, 0.15) is 38.5 Å². The number of fused-ring (bicyclic) bond motifs is 2. The maximum atomic E-state index is 12.4. The summed E-state index contributed by atoms with van der Waals surface area (Å²) >= 11 is 3.62. The van der Waals surface area contributed by atoms with E-state index in [2.05, 4.69) is 15.9 Å². The number of carbonyl (C=O) groups is 1. The second-order valence-electron chi connectivity index (χ2n) is 6.43. The maximum absolute atomic E-state index is 12.4. The van der Waals surface area contributed by atoms with Crippen LogP contribution in [0.2, 0.25) is 0 Å². The van der Waals surface area contributed by atoms with Gasteiger partial charge in [0.05, 0.1) is 0 Å². The zero-order valence-corrected chi connectivity index (χ0v) is 12.2. The molecule has 2 nitrogen and oxygen atoms in total. The quantitative estimate of drug-likeness (QED) is 0.734. The van der Waals surface area contributed by atoms with E-state index in [1.165, 1.54) is 38.5 Å². The highest BCUT2D eigenvalue weighted by atomic mass is 79.9. The van der Waals surface area contributed by atoms with Crippen LogP contribution in [0, 0.1) is 23.7 Å². The number of rotatable bonds is 3. The molecule has 0 spiro atoms. The van der Waals surface area contributed by atoms with Crippen molar-refractivity contribution < 1.29 is 4.79 Å². The Hall–Kier alpha value is -0.0500. The summed E-state index contributed by atoms with van der Waals surface area (Å²) in [4.78, 5) is 15.1. The number of hydrogen-bond acceptors (Lipinski definition) is 1. The lowest BCUT2D eigenvalue weighted by molar-refractivity contribution is -0.136. The molecule has 2 bridgehead atoms. The molecule has 3 atom stereocenters. The lowest BCUT2D eigenvalue weighted by atomic mass is 9.84. The first kappa shape index (κ1) is 12.0. The van der Waals surface area contributed by atoms with Crippen LogP contribution in [0.5, 0.6) is 0 Å². The van der Waals surface area contributed by atoms with Gasteiger partial charge in [0.15, 0.2) is 0 Å². The molecule has 3 unspecified atom stereocenters. The Labute approximate surface area is 112 Å². The van der Waals surface area contributed by atoms with E-state index in [9.17, 15) is 4.79 Å². The Kier molecular flexibility index (Phi) is 3.22. The van der Waals surface area contributed by atoms with Crippen molar-refractivity contribution in [2.24, 2.45) is 23.7 Å². The number of carbonyl (C=O) groups excluding carboxylic acids is 1. The number of nitrogens with zero attached hydrogens (tertiary/aromatic N) is 1. The molecule has 3 fully saturated rings. The van der Waals surface area contributed by atoms with Crippen LogP contribution in [0.3, 0.4) is 0 Å². The molecule has 3 aliphatic carbocycles. The van der Waals surface area contributed by atoms with Crippen LogP contribution in [0.4, 0.5) is 0 Å². The van der Waals surface area contributed by atoms with Gasteiger partial charge in [0.1, 0.15) is 0 Å². The van der Waals surface area contributed by atoms with Crippen LogP contribution < -0.4 is 0 Å². The van der Waals surface area contributed by atoms with Gasteiger partial charge in [-0.2, -0.15) is 0 Å². The summed E-state index contributed by atoms with van der Waals surface area (Å²) in [5, 5.41) is 0. The van der Waals surface area contributed by atoms with E-state index in [-0.39, 0.29) is 0 Å². The van der Waals surface area contributed by atoms with E-state index >= 15 is 0 Å². The Morgan fingerprint density at radius 2 is 2.00 bits per heavy atom. The molecule has 0 aromatic carbocycles. The minimum Gasteiger partial charge on any atom is -0.345 e. The monoisotopic (exact) mass is 299 g/mol. The van der Waals surface area contributed by atoms with Crippen molar-refractivity contribution in [1.29, 1.82) is 0 Å². The SMILES string of the molecule is CN(CC1CC(Br)C1)C(=O)C1CC2CCC1C2. The van der Waals surface area contributed by atoms with Gasteiger partial charge < -0.3 is 4.90 Å². The van der Waals surface area contributed by atoms with Crippen molar-refractivity contribution in [2.45, 2.75) is 43.4 Å². The molecule has 3 aliphatic rings. The molecular weight excluding hydrogens is 278 g/mol. The van der Waals surface area contributed by atoms with E-state index in [1.807, 2.05) is 11.9 Å². The Bertz CT molecular complexity index is 313. The molecule has 3 saturated carbocycles. The maximum Gasteiger partial charge on any atom is 0.225 e. The van der Waals surface area contributed by atoms with Gasteiger partial charge in [-0.3, -0.25) is 4.79 Å². The molecular formula is C14H22BrNO. The summed E-state index contributed by atoms with van der Waals surface area (Å²) < 4.78 is 0. The highest BCUT2D eigenvalue weighted by molar-refractivity contribution is 9.09. The molecule has 3 heteroatoms. The predicted octanol–water partition coefficient (Wildman–Crippen LogP) is 3.05. The molecule has 0 N–H and O–H groups in total. The molecule has 0 heterocycles. The molecule has 0 saturated heterocycles. The molecule has 1 amide bonds. The van der Waals surface area contributed by atoms with Crippen LogP contribution >= 0.6 is 15.9 Å². The minimum atomic E-state index is 0.374. The summed E-state index contributed by atoms with van der Waals surface area (Å²) in [6.07, 6.45) is 7.69. The molecule has 96 valence electrons. The van der Waals surface area contributed by atoms with Crippen LogP contribution in [-0.4, -0.2) is 29.2 Å². The third kappa shape index (κ3) is 2.27. The second kappa shape index (κ2) is 4.56. The van der Waals surface area contributed by atoms with Gasteiger partial charge in [0.25, 0.3) is 0 Å². The number of alkyl halides is 1. The largest absolute Gasteiger partial charge is 0.345 e. The van der Waals surface area contributed by atoms with Gasteiger partial charge in [-0.25, -0.2) is 0 Å². The zero-order valence-electron chi connectivity index (χ0n) is 10.6. The summed E-state index contributed by atoms with van der Waals surface area (Å²) in [6.45, 7) is 0.981. The van der Waals surface area contributed by atoms with Crippen molar-refractivity contribution >= 4 is 21.8 Å². The normalized spacial score (nSPS) is 43.5. The number of hydrogen-bond donors (Lipinski definition) is 0. The van der Waals surface area contributed by atoms with Gasteiger partial charge in [0, 0.05) is 24.3 Å². The third-order valence-electron chi connectivity index (χ3n) is 5.14. The van der Waals surface area contributed by atoms with Gasteiger partial charge >= 0.3 is 0 Å². The number of halogens is 1. The van der Waals surface area contributed by atoms with Crippen LogP contribution in [0.15, 0.2) is 0 Å². The van der Waals surface area contributed by atoms with E-state index < -0.39 is 0 Å². The van der Waals surface area contributed by atoms with E-state index in [0.29, 0.717) is 16.7 Å². The standard InChI is InChI=1S/C14H22BrNO/c1-16(8-10-5-12(15)6-10)14(17)13-7-9-2-3-11(13)4-9/h9-13H,2-8H2,1H3. The van der Waals surface area contributed by atoms with Gasteiger partial charge in [0.2, 0.25) is 5.91 Å². The molecule has 0 radical (unpaired) electrons. The van der Waals surface area contributed by atoms with E-state index in [0.717, 1.165) is 24.3 Å². The summed E-state index contributed by atoms with van der Waals surface area (Å²) in [5.41, 5.74) is 0. The third-order valence-corrected chi connectivity index (χ3v) is 5.89. The lowest BCUT2D eigenvalue weighted by Gasteiger charge is -2.36. The zero-order chi connectivity index (χ0) is 12.0. The molecule has 17 heavy (non-hydrogen) atoms. The highest BCUT2D eigenvalue weighted by Gasteiger charge is 2.44. The average Bonchev–Trinajstić information content (AvgIpc) is 2.87. The van der Waals surface area contributed by atoms with Crippen LogP contribution in [-0.2, 0) is 4.79 Å². The Morgan fingerprint density at radius 3 is 2.53 bits per heavy atom. The van der Waals surface area contributed by atoms with Gasteiger partial charge in [-0.05, 0) is 49.9 Å². The second-order valence-corrected chi connectivity index (χ2v) is 7.73. The first-order chi connectivity index (χ1) is 8.13. The average molecular weight is 300 g/mol. The summed E-state index contributed by atoms with van der Waals surface area (Å²) in [7, 11) is 2.01. The van der Waals surface area contributed by atoms with Gasteiger partial charge in [-0.15, -0.1) is 0 Å².